The minimum atomic E-state index is 0.769. The fraction of sp³-hybridized carbons (Fsp3) is 0.0141. The molecular weight excluding hydrogens is 1060 g/mol. The summed E-state index contributed by atoms with van der Waals surface area (Å²) in [5.41, 5.74) is 16.9. The van der Waals surface area contributed by atoms with Crippen molar-refractivity contribution in [3.05, 3.63) is 295 Å². The predicted octanol–water partition coefficient (Wildman–Crippen LogP) is 17.4. The van der Waals surface area contributed by atoms with Crippen molar-refractivity contribution in [3.63, 3.8) is 0 Å². The summed E-state index contributed by atoms with van der Waals surface area (Å²) in [6.45, 7) is 0. The summed E-state index contributed by atoms with van der Waals surface area (Å²) in [7, 11) is 0. The lowest BCUT2D eigenvalue weighted by Crippen LogP contribution is -2.02. The number of fused-ring (bicyclic) bond motifs is 8. The van der Waals surface area contributed by atoms with E-state index < -0.39 is 0 Å². The van der Waals surface area contributed by atoms with Gasteiger partial charge in [-0.15, -0.1) is 20.4 Å². The van der Waals surface area contributed by atoms with Crippen LogP contribution in [-0.4, -0.2) is 44.1 Å². The Morgan fingerprint density at radius 1 is 0.309 bits per heavy atom. The zero-order chi connectivity index (χ0) is 54.1. The highest BCUT2D eigenvalue weighted by molar-refractivity contribution is 9.10. The largest absolute Gasteiger partial charge is 0.309 e. The molecule has 0 saturated carbocycles. The van der Waals surface area contributed by atoms with Crippen molar-refractivity contribution in [2.24, 2.45) is 0 Å². The lowest BCUT2D eigenvalue weighted by Gasteiger charge is -2.14. The van der Waals surface area contributed by atoms with Crippen LogP contribution in [0.3, 0.4) is 0 Å². The second kappa shape index (κ2) is 21.4. The zero-order valence-corrected chi connectivity index (χ0v) is 45.3. The first-order valence-electron chi connectivity index (χ1n) is 26.8. The molecule has 0 spiro atoms. The molecule has 0 fully saturated rings. The third-order valence-corrected chi connectivity index (χ3v) is 15.4. The molecular formula is C71H48BrN9. The molecule has 0 saturated heterocycles. The van der Waals surface area contributed by atoms with Crippen LogP contribution in [0.25, 0.3) is 117 Å². The van der Waals surface area contributed by atoms with Crippen molar-refractivity contribution in [2.75, 3.05) is 0 Å². The fourth-order valence-corrected chi connectivity index (χ4v) is 11.4. The Morgan fingerprint density at radius 3 is 1.16 bits per heavy atom. The van der Waals surface area contributed by atoms with E-state index in [4.69, 9.17) is 10.1 Å². The molecule has 0 radical (unpaired) electrons. The number of pyridine rings is 2. The van der Waals surface area contributed by atoms with Gasteiger partial charge in [-0.3, -0.25) is 19.1 Å². The summed E-state index contributed by atoms with van der Waals surface area (Å²) < 4.78 is 7.56. The number of halogens is 1. The highest BCUT2D eigenvalue weighted by Gasteiger charge is 2.22. The normalized spacial score (nSPS) is 11.5. The zero-order valence-electron chi connectivity index (χ0n) is 43.7. The van der Waals surface area contributed by atoms with Crippen molar-refractivity contribution in [1.29, 1.82) is 0 Å². The number of nitrogens with zero attached hydrogens (tertiary/aromatic N) is 9. The van der Waals surface area contributed by atoms with Crippen LogP contribution in [0.1, 0.15) is 11.1 Å². The molecule has 0 aliphatic heterocycles. The number of hydrogen-bond donors (Lipinski definition) is 0. The molecule has 10 aromatic carbocycles. The summed E-state index contributed by atoms with van der Waals surface area (Å²) in [6.07, 6.45) is 4.75. The average molecular weight is 1110 g/mol. The molecule has 0 N–H and O–H groups in total. The summed E-state index contributed by atoms with van der Waals surface area (Å²) in [4.78, 5) is 9.37. The number of benzene rings is 10. The minimum Gasteiger partial charge on any atom is -0.309 e. The highest BCUT2D eigenvalue weighted by atomic mass is 79.9. The van der Waals surface area contributed by atoms with Gasteiger partial charge in [0.2, 0.25) is 0 Å². The number of aromatic nitrogens is 9. The highest BCUT2D eigenvalue weighted by Crippen LogP contribution is 2.38. The van der Waals surface area contributed by atoms with E-state index in [-0.39, 0.29) is 0 Å². The SMILES string of the molecule is Brc1ccc(-c2nnc(-c3ccccc3)n2-c2cccc3cccnc23)cc1.c1ccc(-c2nnc(-c3ccc(-n4c5ccccc5c5ccccc54)cc3)n2-c2cccc3cccnc23)cc1.c1ccc2c(c1)Cc1ccccc1-2. The Hall–Kier alpha value is -10.4. The summed E-state index contributed by atoms with van der Waals surface area (Å²) in [6, 6.07) is 91.9. The van der Waals surface area contributed by atoms with Crippen LogP contribution in [0.2, 0.25) is 0 Å². The first-order valence-corrected chi connectivity index (χ1v) is 27.6. The first-order chi connectivity index (χ1) is 40.1. The quantitative estimate of drug-likeness (QED) is 0.158. The minimum absolute atomic E-state index is 0.769. The van der Waals surface area contributed by atoms with Crippen molar-refractivity contribution < 1.29 is 0 Å². The van der Waals surface area contributed by atoms with E-state index in [1.165, 1.54) is 44.1 Å². The van der Waals surface area contributed by atoms with Gasteiger partial charge < -0.3 is 4.57 Å². The average Bonchev–Trinajstić information content (AvgIpc) is 4.36. The molecule has 0 bridgehead atoms. The molecule has 1 aliphatic carbocycles. The second-order valence-corrected chi connectivity index (χ2v) is 20.6. The van der Waals surface area contributed by atoms with Crippen molar-refractivity contribution in [2.45, 2.75) is 6.42 Å². The van der Waals surface area contributed by atoms with Gasteiger partial charge in [-0.25, -0.2) is 0 Å². The molecule has 0 atom stereocenters. The van der Waals surface area contributed by atoms with Crippen LogP contribution in [0, 0.1) is 0 Å². The topological polar surface area (TPSA) is 92.1 Å². The first kappa shape index (κ1) is 48.9. The lowest BCUT2D eigenvalue weighted by molar-refractivity contribution is 1.08. The van der Waals surface area contributed by atoms with Gasteiger partial charge in [0, 0.05) is 66.4 Å². The van der Waals surface area contributed by atoms with E-state index in [2.05, 4.69) is 226 Å². The Balaban J connectivity index is 0.000000123. The molecule has 5 aromatic heterocycles. The maximum absolute atomic E-state index is 4.73. The molecule has 0 unspecified atom stereocenters. The van der Waals surface area contributed by atoms with Crippen LogP contribution in [0.5, 0.6) is 0 Å². The van der Waals surface area contributed by atoms with Gasteiger partial charge in [0.1, 0.15) is 0 Å². The van der Waals surface area contributed by atoms with Crippen molar-refractivity contribution in [1.82, 2.24) is 44.1 Å². The molecule has 10 heteroatoms. The van der Waals surface area contributed by atoms with Crippen molar-refractivity contribution in [3.8, 4) is 73.7 Å². The van der Waals surface area contributed by atoms with Crippen LogP contribution in [0.4, 0.5) is 0 Å². The summed E-state index contributed by atoms with van der Waals surface area (Å²) in [5.74, 6) is 3.12. The number of para-hydroxylation sites is 4. The van der Waals surface area contributed by atoms with Gasteiger partial charge in [-0.05, 0) is 101 Å². The third-order valence-electron chi connectivity index (χ3n) is 14.9. The van der Waals surface area contributed by atoms with Crippen LogP contribution in [0.15, 0.2) is 284 Å². The van der Waals surface area contributed by atoms with E-state index in [1.54, 1.807) is 0 Å². The molecule has 9 nitrogen and oxygen atoms in total. The Bertz CT molecular complexity index is 4630. The van der Waals surface area contributed by atoms with E-state index in [0.717, 1.165) is 95.3 Å². The molecule has 81 heavy (non-hydrogen) atoms. The Labute approximate surface area is 475 Å². The molecule has 384 valence electrons. The second-order valence-electron chi connectivity index (χ2n) is 19.7. The Morgan fingerprint density at radius 2 is 0.691 bits per heavy atom. The summed E-state index contributed by atoms with van der Waals surface area (Å²) >= 11 is 3.50. The van der Waals surface area contributed by atoms with Gasteiger partial charge in [0.05, 0.1) is 33.4 Å². The predicted molar refractivity (Wildman–Crippen MR) is 332 cm³/mol. The van der Waals surface area contributed by atoms with Crippen LogP contribution >= 0.6 is 15.9 Å². The smallest absolute Gasteiger partial charge is 0.168 e. The van der Waals surface area contributed by atoms with Crippen LogP contribution in [-0.2, 0) is 6.42 Å². The lowest BCUT2D eigenvalue weighted by atomic mass is 10.1. The van der Waals surface area contributed by atoms with E-state index >= 15 is 0 Å². The monoisotopic (exact) mass is 1110 g/mol. The molecule has 1 aliphatic rings. The molecule has 16 rings (SSSR count). The maximum Gasteiger partial charge on any atom is 0.168 e. The molecule has 15 aromatic rings. The fourth-order valence-electron chi connectivity index (χ4n) is 11.1. The van der Waals surface area contributed by atoms with E-state index in [0.29, 0.717) is 0 Å². The van der Waals surface area contributed by atoms with E-state index in [1.807, 2.05) is 103 Å². The molecule has 0 amide bonds. The van der Waals surface area contributed by atoms with Gasteiger partial charge in [-0.2, -0.15) is 0 Å². The maximum atomic E-state index is 4.73. The number of hydrogen-bond acceptors (Lipinski definition) is 6. The number of rotatable bonds is 7. The molecule has 5 heterocycles. The third kappa shape index (κ3) is 9.23. The standard InChI is InChI=1S/C35H23N5.C23H15BrN4.C13H10/c1-2-10-25(11-3-1)34-37-38-35(40(34)32-18-8-12-24-13-9-23-36-33(24)32)26-19-21-27(22-20-26)39-30-16-6-4-14-28(30)29-15-5-7-17-31(29)39;24-19-13-11-18(12-14-19)23-27-26-22(17-6-2-1-3-7-17)28(23)20-10-4-8-16-9-5-15-25-21(16)20;1-3-7-12-10(5-1)9-11-6-2-4-8-13(11)12/h1-23H;1-15H;1-8H,9H2. The van der Waals surface area contributed by atoms with Gasteiger partial charge in [0.25, 0.3) is 0 Å². The van der Waals surface area contributed by atoms with Crippen LogP contribution < -0.4 is 0 Å². The van der Waals surface area contributed by atoms with Gasteiger partial charge in [-0.1, -0.05) is 210 Å². The van der Waals surface area contributed by atoms with E-state index in [9.17, 15) is 0 Å². The summed E-state index contributed by atoms with van der Waals surface area (Å²) in [5, 5.41) is 23.1. The van der Waals surface area contributed by atoms with Gasteiger partial charge in [0.15, 0.2) is 23.3 Å². The van der Waals surface area contributed by atoms with Crippen molar-refractivity contribution >= 4 is 59.5 Å². The van der Waals surface area contributed by atoms with Gasteiger partial charge >= 0.3 is 0 Å². The Kier molecular flexibility index (Phi) is 12.9.